The number of hydrogen-bond acceptors (Lipinski definition) is 4. The third kappa shape index (κ3) is 3.66. The molecule has 21 heavy (non-hydrogen) atoms. The summed E-state index contributed by atoms with van der Waals surface area (Å²) in [6.45, 7) is 0.502. The lowest BCUT2D eigenvalue weighted by Crippen LogP contribution is -2.29. The van der Waals surface area contributed by atoms with E-state index in [-0.39, 0.29) is 5.91 Å². The van der Waals surface area contributed by atoms with Crippen molar-refractivity contribution in [3.63, 3.8) is 0 Å². The summed E-state index contributed by atoms with van der Waals surface area (Å²) in [5, 5.41) is 0. The van der Waals surface area contributed by atoms with Gasteiger partial charge in [0, 0.05) is 31.3 Å². The van der Waals surface area contributed by atoms with Gasteiger partial charge in [-0.2, -0.15) is 0 Å². The fraction of sp³-hybridized carbons (Fsp3) is 0.188. The summed E-state index contributed by atoms with van der Waals surface area (Å²) in [6.07, 6.45) is 1.30. The van der Waals surface area contributed by atoms with E-state index in [9.17, 15) is 9.59 Å². The van der Waals surface area contributed by atoms with Crippen LogP contribution in [0.3, 0.4) is 0 Å². The molecule has 1 amide bonds. The Labute approximate surface area is 123 Å². The number of nitrogen functional groups attached to an aromatic ring is 1. The minimum atomic E-state index is -0.179. The van der Waals surface area contributed by atoms with Crippen LogP contribution in [-0.4, -0.2) is 35.7 Å². The Morgan fingerprint density at radius 2 is 2.00 bits per heavy atom. The Balaban J connectivity index is 2.04. The quantitative estimate of drug-likeness (QED) is 0.849. The highest BCUT2D eigenvalue weighted by Gasteiger charge is 2.15. The molecule has 5 nitrogen and oxygen atoms in total. The largest absolute Gasteiger partial charge is 0.384 e. The van der Waals surface area contributed by atoms with Gasteiger partial charge in [-0.05, 0) is 18.2 Å². The normalized spacial score (nSPS) is 10.1. The van der Waals surface area contributed by atoms with E-state index in [1.165, 1.54) is 0 Å². The Morgan fingerprint density at radius 1 is 1.24 bits per heavy atom. The minimum Gasteiger partial charge on any atom is -0.384 e. The molecule has 0 saturated carbocycles. The van der Waals surface area contributed by atoms with Crippen LogP contribution in [-0.2, 0) is 6.42 Å². The second kappa shape index (κ2) is 6.65. The second-order valence-electron chi connectivity index (χ2n) is 4.74. The number of rotatable bonds is 5. The van der Waals surface area contributed by atoms with Gasteiger partial charge in [-0.15, -0.1) is 0 Å². The van der Waals surface area contributed by atoms with Gasteiger partial charge in [0.2, 0.25) is 0 Å². The van der Waals surface area contributed by atoms with Crippen molar-refractivity contribution in [3.05, 3.63) is 59.3 Å². The van der Waals surface area contributed by atoms with E-state index in [4.69, 9.17) is 5.73 Å². The van der Waals surface area contributed by atoms with Crippen LogP contribution < -0.4 is 5.73 Å². The maximum absolute atomic E-state index is 12.3. The maximum atomic E-state index is 12.3. The van der Waals surface area contributed by atoms with Gasteiger partial charge >= 0.3 is 0 Å². The zero-order valence-electron chi connectivity index (χ0n) is 11.8. The molecular weight excluding hydrogens is 266 g/mol. The molecule has 0 spiro atoms. The van der Waals surface area contributed by atoms with Crippen molar-refractivity contribution in [1.29, 1.82) is 0 Å². The predicted octanol–water partition coefficient (Wildman–Crippen LogP) is 1.79. The summed E-state index contributed by atoms with van der Waals surface area (Å²) in [4.78, 5) is 29.1. The molecule has 0 radical (unpaired) electrons. The molecular formula is C16H17N3O2. The van der Waals surface area contributed by atoms with E-state index in [0.29, 0.717) is 36.2 Å². The number of aldehydes is 1. The summed E-state index contributed by atoms with van der Waals surface area (Å²) in [5.74, 6) is 0.286. The Hall–Kier alpha value is -2.69. The molecule has 0 unspecified atom stereocenters. The predicted molar refractivity (Wildman–Crippen MR) is 81.1 cm³/mol. The van der Waals surface area contributed by atoms with Gasteiger partial charge in [0.25, 0.3) is 5.91 Å². The van der Waals surface area contributed by atoms with Crippen molar-refractivity contribution in [2.45, 2.75) is 6.42 Å². The number of benzene rings is 1. The van der Waals surface area contributed by atoms with E-state index < -0.39 is 0 Å². The number of likely N-dealkylation sites (N-methyl/N-ethyl adjacent to an activating group) is 1. The Kier molecular flexibility index (Phi) is 4.66. The highest BCUT2D eigenvalue weighted by atomic mass is 16.2. The summed E-state index contributed by atoms with van der Waals surface area (Å²) in [5.41, 5.74) is 7.27. The van der Waals surface area contributed by atoms with Gasteiger partial charge in [0.15, 0.2) is 6.29 Å². The number of nitrogens with zero attached hydrogens (tertiary/aromatic N) is 2. The average Bonchev–Trinajstić information content (AvgIpc) is 2.52. The number of aromatic nitrogens is 1. The molecule has 0 atom stereocenters. The number of amides is 1. The van der Waals surface area contributed by atoms with Crippen LogP contribution in [0.25, 0.3) is 0 Å². The van der Waals surface area contributed by atoms with Gasteiger partial charge in [-0.25, -0.2) is 4.98 Å². The molecule has 1 aromatic heterocycles. The number of anilines is 1. The number of nitrogens with two attached hydrogens (primary N) is 1. The third-order valence-electron chi connectivity index (χ3n) is 3.20. The first kappa shape index (κ1) is 14.7. The van der Waals surface area contributed by atoms with E-state index in [1.54, 1.807) is 42.3 Å². The minimum absolute atomic E-state index is 0.179. The Morgan fingerprint density at radius 3 is 2.71 bits per heavy atom. The third-order valence-corrected chi connectivity index (χ3v) is 3.20. The van der Waals surface area contributed by atoms with Gasteiger partial charge in [-0.3, -0.25) is 9.59 Å². The van der Waals surface area contributed by atoms with Crippen molar-refractivity contribution >= 4 is 18.0 Å². The standard InChI is InChI=1S/C16H17N3O2/c1-19(10-9-13-6-4-8-15(17)18-13)16(21)14-7-3-2-5-12(14)11-20/h2-8,11H,9-10H2,1H3,(H2,17,18). The number of carbonyl (C=O) groups is 2. The van der Waals surface area contributed by atoms with E-state index >= 15 is 0 Å². The summed E-state index contributed by atoms with van der Waals surface area (Å²) in [7, 11) is 1.70. The molecule has 0 saturated heterocycles. The van der Waals surface area contributed by atoms with Crippen LogP contribution in [0.4, 0.5) is 5.82 Å². The van der Waals surface area contributed by atoms with E-state index in [0.717, 1.165) is 5.69 Å². The lowest BCUT2D eigenvalue weighted by molar-refractivity contribution is 0.0793. The van der Waals surface area contributed by atoms with E-state index in [1.807, 2.05) is 12.1 Å². The van der Waals surface area contributed by atoms with Crippen LogP contribution in [0.5, 0.6) is 0 Å². The highest BCUT2D eigenvalue weighted by Crippen LogP contribution is 2.10. The first-order chi connectivity index (χ1) is 10.1. The number of carbonyl (C=O) groups excluding carboxylic acids is 2. The van der Waals surface area contributed by atoms with Crippen molar-refractivity contribution in [3.8, 4) is 0 Å². The van der Waals surface area contributed by atoms with Crippen molar-refractivity contribution in [2.75, 3.05) is 19.3 Å². The smallest absolute Gasteiger partial charge is 0.254 e. The van der Waals surface area contributed by atoms with Crippen molar-refractivity contribution in [1.82, 2.24) is 9.88 Å². The summed E-state index contributed by atoms with van der Waals surface area (Å²) < 4.78 is 0. The zero-order valence-corrected chi connectivity index (χ0v) is 11.8. The van der Waals surface area contributed by atoms with Crippen molar-refractivity contribution < 1.29 is 9.59 Å². The van der Waals surface area contributed by atoms with Crippen LogP contribution in [0.15, 0.2) is 42.5 Å². The first-order valence-electron chi connectivity index (χ1n) is 6.63. The Bertz CT molecular complexity index is 655. The number of hydrogen-bond donors (Lipinski definition) is 1. The van der Waals surface area contributed by atoms with Crippen LogP contribution in [0, 0.1) is 0 Å². The fourth-order valence-corrected chi connectivity index (χ4v) is 2.02. The topological polar surface area (TPSA) is 76.3 Å². The molecule has 2 aromatic rings. The van der Waals surface area contributed by atoms with Crippen LogP contribution in [0.1, 0.15) is 26.4 Å². The second-order valence-corrected chi connectivity index (χ2v) is 4.74. The monoisotopic (exact) mass is 283 g/mol. The molecule has 1 aromatic carbocycles. The van der Waals surface area contributed by atoms with E-state index in [2.05, 4.69) is 4.98 Å². The maximum Gasteiger partial charge on any atom is 0.254 e. The highest BCUT2D eigenvalue weighted by molar-refractivity contribution is 6.01. The van der Waals surface area contributed by atoms with Gasteiger partial charge < -0.3 is 10.6 Å². The lowest BCUT2D eigenvalue weighted by Gasteiger charge is -2.17. The number of pyridine rings is 1. The SMILES string of the molecule is CN(CCc1cccc(N)n1)C(=O)c1ccccc1C=O. The van der Waals surface area contributed by atoms with Gasteiger partial charge in [0.1, 0.15) is 5.82 Å². The summed E-state index contributed by atoms with van der Waals surface area (Å²) in [6, 6.07) is 12.2. The van der Waals surface area contributed by atoms with Gasteiger partial charge in [-0.1, -0.05) is 24.3 Å². The molecule has 0 aliphatic heterocycles. The fourth-order valence-electron chi connectivity index (χ4n) is 2.02. The lowest BCUT2D eigenvalue weighted by atomic mass is 10.1. The molecule has 0 bridgehead atoms. The molecule has 5 heteroatoms. The molecule has 0 fully saturated rings. The van der Waals surface area contributed by atoms with Gasteiger partial charge in [0.05, 0.1) is 5.56 Å². The first-order valence-corrected chi connectivity index (χ1v) is 6.63. The molecule has 2 N–H and O–H groups in total. The molecule has 0 aliphatic rings. The van der Waals surface area contributed by atoms with Crippen molar-refractivity contribution in [2.24, 2.45) is 0 Å². The summed E-state index contributed by atoms with van der Waals surface area (Å²) >= 11 is 0. The molecule has 2 rings (SSSR count). The van der Waals surface area contributed by atoms with Crippen LogP contribution >= 0.6 is 0 Å². The molecule has 0 aliphatic carbocycles. The van der Waals surface area contributed by atoms with Crippen LogP contribution in [0.2, 0.25) is 0 Å². The molecule has 108 valence electrons. The zero-order chi connectivity index (χ0) is 15.2. The molecule has 1 heterocycles. The average molecular weight is 283 g/mol.